The molecule has 0 aromatic carbocycles. The Labute approximate surface area is 172 Å². The van der Waals surface area contributed by atoms with Gasteiger partial charge >= 0.3 is 8.80 Å². The fourth-order valence-electron chi connectivity index (χ4n) is 3.20. The Morgan fingerprint density at radius 2 is 0.741 bits per heavy atom. The van der Waals surface area contributed by atoms with Gasteiger partial charge in [0.15, 0.2) is 0 Å². The average molecular weight is 403 g/mol. The van der Waals surface area contributed by atoms with Crippen LogP contribution in [0.2, 0.25) is 6.04 Å². The van der Waals surface area contributed by atoms with Crippen LogP contribution in [0.15, 0.2) is 0 Å². The van der Waals surface area contributed by atoms with E-state index in [4.69, 9.17) is 13.3 Å². The highest BCUT2D eigenvalue weighted by Gasteiger charge is 2.40. The molecule has 0 bridgehead atoms. The molecule has 0 aliphatic rings. The minimum Gasteiger partial charge on any atom is -0.373 e. The highest BCUT2D eigenvalue weighted by Crippen LogP contribution is 2.22. The van der Waals surface area contributed by atoms with E-state index in [0.29, 0.717) is 0 Å². The third-order valence-corrected chi connectivity index (χ3v) is 7.94. The average Bonchev–Trinajstić information content (AvgIpc) is 2.67. The molecule has 0 aromatic heterocycles. The summed E-state index contributed by atoms with van der Waals surface area (Å²) < 4.78 is 19.3. The van der Waals surface area contributed by atoms with E-state index < -0.39 is 8.80 Å². The maximum Gasteiger partial charge on any atom is 0.500 e. The largest absolute Gasteiger partial charge is 0.500 e. The van der Waals surface area contributed by atoms with E-state index in [0.717, 1.165) is 45.1 Å². The molecule has 0 radical (unpaired) electrons. The van der Waals surface area contributed by atoms with Crippen LogP contribution in [0.4, 0.5) is 0 Å². The van der Waals surface area contributed by atoms with Crippen LogP contribution in [-0.2, 0) is 13.3 Å². The summed E-state index contributed by atoms with van der Waals surface area (Å²) in [6, 6.07) is 0.996. The summed E-state index contributed by atoms with van der Waals surface area (Å²) >= 11 is 0. The number of unbranched alkanes of at least 4 members (excludes halogenated alkanes) is 11. The van der Waals surface area contributed by atoms with E-state index in [2.05, 4.69) is 27.7 Å². The smallest absolute Gasteiger partial charge is 0.373 e. The van der Waals surface area contributed by atoms with Crippen LogP contribution in [0.3, 0.4) is 0 Å². The van der Waals surface area contributed by atoms with Gasteiger partial charge in [0.2, 0.25) is 0 Å². The minimum atomic E-state index is -2.51. The van der Waals surface area contributed by atoms with E-state index in [1.807, 2.05) is 0 Å². The fraction of sp³-hybridized carbons (Fsp3) is 1.00. The van der Waals surface area contributed by atoms with Gasteiger partial charge in [0.05, 0.1) is 0 Å². The van der Waals surface area contributed by atoms with Gasteiger partial charge in [-0.15, -0.1) is 0 Å². The Morgan fingerprint density at radius 1 is 0.407 bits per heavy atom. The molecule has 164 valence electrons. The van der Waals surface area contributed by atoms with E-state index in [1.54, 1.807) is 0 Å². The lowest BCUT2D eigenvalue weighted by atomic mass is 10.2. The molecule has 0 saturated carbocycles. The van der Waals surface area contributed by atoms with Crippen LogP contribution in [-0.4, -0.2) is 28.6 Å². The molecule has 0 fully saturated rings. The summed E-state index contributed by atoms with van der Waals surface area (Å²) in [6.07, 6.45) is 18.5. The van der Waals surface area contributed by atoms with Crippen molar-refractivity contribution < 1.29 is 13.3 Å². The highest BCUT2D eigenvalue weighted by molar-refractivity contribution is 6.60. The van der Waals surface area contributed by atoms with Gasteiger partial charge in [0.1, 0.15) is 0 Å². The minimum absolute atomic E-state index is 0.808. The van der Waals surface area contributed by atoms with Crippen LogP contribution in [0, 0.1) is 0 Å². The molecule has 0 spiro atoms. The molecule has 0 amide bonds. The van der Waals surface area contributed by atoms with Gasteiger partial charge in [-0.2, -0.15) is 0 Å². The summed E-state index contributed by atoms with van der Waals surface area (Å²) in [7, 11) is -2.51. The van der Waals surface area contributed by atoms with Crippen molar-refractivity contribution in [2.75, 3.05) is 19.8 Å². The molecule has 0 rings (SSSR count). The van der Waals surface area contributed by atoms with Crippen LogP contribution < -0.4 is 0 Å². The Hall–Kier alpha value is 0.0969. The third kappa shape index (κ3) is 16.7. The van der Waals surface area contributed by atoms with Crippen molar-refractivity contribution in [1.82, 2.24) is 0 Å². The van der Waals surface area contributed by atoms with Gasteiger partial charge in [0, 0.05) is 25.9 Å². The number of rotatable bonds is 22. The maximum absolute atomic E-state index is 6.43. The van der Waals surface area contributed by atoms with Gasteiger partial charge in [-0.1, -0.05) is 98.3 Å². The molecule has 0 atom stereocenters. The van der Waals surface area contributed by atoms with Crippen molar-refractivity contribution in [2.24, 2.45) is 0 Å². The van der Waals surface area contributed by atoms with E-state index >= 15 is 0 Å². The maximum atomic E-state index is 6.43. The second kappa shape index (κ2) is 20.8. The van der Waals surface area contributed by atoms with E-state index in [9.17, 15) is 0 Å². The fourth-order valence-corrected chi connectivity index (χ4v) is 5.93. The molecule has 0 aliphatic carbocycles. The zero-order valence-corrected chi connectivity index (χ0v) is 20.2. The second-order valence-electron chi connectivity index (χ2n) is 7.87. The molecule has 0 unspecified atom stereocenters. The third-order valence-electron chi connectivity index (χ3n) is 5.05. The zero-order valence-electron chi connectivity index (χ0n) is 19.2. The lowest BCUT2D eigenvalue weighted by Crippen LogP contribution is -2.46. The van der Waals surface area contributed by atoms with Crippen LogP contribution in [0.1, 0.15) is 124 Å². The van der Waals surface area contributed by atoms with Crippen molar-refractivity contribution in [3.05, 3.63) is 0 Å². The van der Waals surface area contributed by atoms with Crippen molar-refractivity contribution in [3.8, 4) is 0 Å². The van der Waals surface area contributed by atoms with Crippen molar-refractivity contribution >= 4 is 8.80 Å². The SMILES string of the molecule is CCCCCCO[Si](CCCCC)(OCCCCCC)OCCCCCC. The van der Waals surface area contributed by atoms with Gasteiger partial charge in [-0.25, -0.2) is 0 Å². The molecular formula is C23H50O3Si. The molecule has 0 heterocycles. The summed E-state index contributed by atoms with van der Waals surface area (Å²) in [5.74, 6) is 0. The number of hydrogen-bond acceptors (Lipinski definition) is 3. The van der Waals surface area contributed by atoms with Crippen molar-refractivity contribution in [1.29, 1.82) is 0 Å². The lowest BCUT2D eigenvalue weighted by molar-refractivity contribution is 0.0547. The molecule has 3 nitrogen and oxygen atoms in total. The monoisotopic (exact) mass is 402 g/mol. The van der Waals surface area contributed by atoms with Crippen LogP contribution in [0.25, 0.3) is 0 Å². The predicted octanol–water partition coefficient (Wildman–Crippen LogP) is 7.91. The molecule has 4 heteroatoms. The molecule has 0 aromatic rings. The van der Waals surface area contributed by atoms with Crippen LogP contribution in [0.5, 0.6) is 0 Å². The predicted molar refractivity (Wildman–Crippen MR) is 120 cm³/mol. The Kier molecular flexibility index (Phi) is 20.9. The molecule has 0 saturated heterocycles. The molecule has 0 aliphatic heterocycles. The van der Waals surface area contributed by atoms with Crippen LogP contribution >= 0.6 is 0 Å². The topological polar surface area (TPSA) is 27.7 Å². The quantitative estimate of drug-likeness (QED) is 0.136. The standard InChI is InChI=1S/C23H50O3Si/c1-5-9-13-16-20-24-27(23-19-12-8-4,25-21-17-14-10-6-2)26-22-18-15-11-7-3/h5-23H2,1-4H3. The van der Waals surface area contributed by atoms with E-state index in [-0.39, 0.29) is 0 Å². The first-order valence-corrected chi connectivity index (χ1v) is 14.1. The lowest BCUT2D eigenvalue weighted by Gasteiger charge is -2.30. The normalized spacial score (nSPS) is 12.0. The molecular weight excluding hydrogens is 352 g/mol. The van der Waals surface area contributed by atoms with Crippen molar-refractivity contribution in [3.63, 3.8) is 0 Å². The summed E-state index contributed by atoms with van der Waals surface area (Å²) in [6.45, 7) is 11.4. The molecule has 27 heavy (non-hydrogen) atoms. The van der Waals surface area contributed by atoms with Crippen molar-refractivity contribution in [2.45, 2.75) is 130 Å². The first-order chi connectivity index (χ1) is 13.2. The van der Waals surface area contributed by atoms with Gasteiger partial charge in [-0.3, -0.25) is 0 Å². The molecule has 0 N–H and O–H groups in total. The Bertz CT molecular complexity index is 251. The van der Waals surface area contributed by atoms with Gasteiger partial charge in [0.25, 0.3) is 0 Å². The first-order valence-electron chi connectivity index (χ1n) is 12.2. The first kappa shape index (κ1) is 27.1. The van der Waals surface area contributed by atoms with Gasteiger partial charge in [-0.05, 0) is 25.7 Å². The van der Waals surface area contributed by atoms with E-state index in [1.165, 1.54) is 77.0 Å². The summed E-state index contributed by atoms with van der Waals surface area (Å²) in [4.78, 5) is 0. The summed E-state index contributed by atoms with van der Waals surface area (Å²) in [5, 5.41) is 0. The second-order valence-corrected chi connectivity index (χ2v) is 10.6. The Balaban J connectivity index is 4.61. The number of hydrogen-bond donors (Lipinski definition) is 0. The summed E-state index contributed by atoms with van der Waals surface area (Å²) in [5.41, 5.74) is 0. The van der Waals surface area contributed by atoms with Gasteiger partial charge < -0.3 is 13.3 Å². The zero-order chi connectivity index (χ0) is 20.1. The Morgan fingerprint density at radius 3 is 1.07 bits per heavy atom. The highest BCUT2D eigenvalue weighted by atomic mass is 28.4.